The quantitative estimate of drug-likeness (QED) is 0.157. The normalized spacial score (nSPS) is 15.9. The molecule has 0 bridgehead atoms. The van der Waals surface area contributed by atoms with Crippen LogP contribution in [0, 0.1) is 11.2 Å². The first kappa shape index (κ1) is 37.3. The Bertz CT molecular complexity index is 1830. The van der Waals surface area contributed by atoms with E-state index in [1.54, 1.807) is 72.0 Å². The second-order valence-corrected chi connectivity index (χ2v) is 13.9. The number of fused-ring (bicyclic) bond motifs is 1. The predicted molar refractivity (Wildman–Crippen MR) is 191 cm³/mol. The van der Waals surface area contributed by atoms with Gasteiger partial charge < -0.3 is 34.3 Å². The number of carbonyl (C=O) groups excluding carboxylic acids is 3. The number of methoxy groups -OCH3 is 1. The lowest BCUT2D eigenvalue weighted by molar-refractivity contribution is -0.138. The van der Waals surface area contributed by atoms with Gasteiger partial charge in [-0.15, -0.1) is 0 Å². The van der Waals surface area contributed by atoms with Crippen molar-refractivity contribution in [1.29, 1.82) is 0 Å². The van der Waals surface area contributed by atoms with Gasteiger partial charge in [-0.05, 0) is 42.2 Å². The van der Waals surface area contributed by atoms with Crippen molar-refractivity contribution in [3.05, 3.63) is 107 Å². The van der Waals surface area contributed by atoms with Crippen LogP contribution in [-0.4, -0.2) is 60.2 Å². The molecule has 0 saturated carbocycles. The van der Waals surface area contributed by atoms with Crippen LogP contribution in [0.3, 0.4) is 0 Å². The summed E-state index contributed by atoms with van der Waals surface area (Å²) in [6.07, 6.45) is 3.50. The molecule has 2 N–H and O–H groups in total. The number of amides is 3. The van der Waals surface area contributed by atoms with Crippen LogP contribution in [0.4, 0.5) is 10.1 Å². The minimum Gasteiger partial charge on any atom is -0.492 e. The van der Waals surface area contributed by atoms with Crippen LogP contribution in [0.2, 0.25) is 5.02 Å². The van der Waals surface area contributed by atoms with E-state index >= 15 is 0 Å². The first-order valence-corrected chi connectivity index (χ1v) is 17.1. The van der Waals surface area contributed by atoms with Crippen molar-refractivity contribution in [3.8, 4) is 11.5 Å². The molecular weight excluding hydrogens is 677 g/mol. The number of benzene rings is 3. The fourth-order valence-electron chi connectivity index (χ4n) is 5.83. The fourth-order valence-corrected chi connectivity index (χ4v) is 6.01. The van der Waals surface area contributed by atoms with Crippen molar-refractivity contribution >= 4 is 35.0 Å². The Labute approximate surface area is 302 Å². The average molecular weight is 720 g/mol. The number of ether oxygens (including phenoxy) is 3. The zero-order valence-electron chi connectivity index (χ0n) is 29.2. The summed E-state index contributed by atoms with van der Waals surface area (Å²) >= 11 is 6.54. The molecule has 3 aromatic carbocycles. The van der Waals surface area contributed by atoms with E-state index in [0.717, 1.165) is 6.42 Å². The third-order valence-electron chi connectivity index (χ3n) is 8.17. The summed E-state index contributed by atoms with van der Waals surface area (Å²) in [5.74, 6) is -1.07. The van der Waals surface area contributed by atoms with E-state index in [4.69, 9.17) is 25.8 Å². The molecule has 5 rings (SSSR count). The van der Waals surface area contributed by atoms with Gasteiger partial charge in [0.1, 0.15) is 18.0 Å². The van der Waals surface area contributed by atoms with Crippen molar-refractivity contribution in [1.82, 2.24) is 20.2 Å². The lowest BCUT2D eigenvalue weighted by atomic mass is 9.94. The predicted octanol–water partition coefficient (Wildman–Crippen LogP) is 5.84. The molecule has 51 heavy (non-hydrogen) atoms. The third kappa shape index (κ3) is 9.86. The molecule has 0 spiro atoms. The van der Waals surface area contributed by atoms with Gasteiger partial charge >= 0.3 is 0 Å². The second kappa shape index (κ2) is 16.8. The Morgan fingerprint density at radius 1 is 1.04 bits per heavy atom. The Morgan fingerprint density at radius 2 is 1.84 bits per heavy atom. The van der Waals surface area contributed by atoms with Crippen LogP contribution in [0.5, 0.6) is 11.5 Å². The third-order valence-corrected chi connectivity index (χ3v) is 8.41. The Morgan fingerprint density at radius 3 is 2.57 bits per heavy atom. The topological polar surface area (TPSA) is 124 Å². The number of para-hydroxylation sites is 1. The van der Waals surface area contributed by atoms with E-state index in [0.29, 0.717) is 52.8 Å². The summed E-state index contributed by atoms with van der Waals surface area (Å²) in [4.78, 5) is 45.9. The van der Waals surface area contributed by atoms with Crippen molar-refractivity contribution in [2.75, 3.05) is 31.7 Å². The van der Waals surface area contributed by atoms with E-state index < -0.39 is 29.8 Å². The van der Waals surface area contributed by atoms with Crippen molar-refractivity contribution in [2.45, 2.75) is 58.9 Å². The summed E-state index contributed by atoms with van der Waals surface area (Å²) in [6, 6.07) is 16.5. The molecule has 0 aliphatic carbocycles. The molecule has 2 unspecified atom stereocenters. The maximum absolute atomic E-state index is 14.3. The van der Waals surface area contributed by atoms with Gasteiger partial charge in [0.15, 0.2) is 18.1 Å². The molecule has 0 radical (unpaired) electrons. The summed E-state index contributed by atoms with van der Waals surface area (Å²) in [5.41, 5.74) is 1.65. The van der Waals surface area contributed by atoms with E-state index in [2.05, 4.69) is 15.6 Å². The summed E-state index contributed by atoms with van der Waals surface area (Å²) in [6.45, 7) is 7.21. The van der Waals surface area contributed by atoms with Crippen LogP contribution in [0.15, 0.2) is 79.4 Å². The van der Waals surface area contributed by atoms with Crippen molar-refractivity contribution < 1.29 is 33.0 Å². The molecule has 4 aromatic rings. The Hall–Kier alpha value is -4.94. The number of halogens is 2. The molecule has 1 aromatic heterocycles. The smallest absolute Gasteiger partial charge is 0.257 e. The molecule has 3 amide bonds. The highest BCUT2D eigenvalue weighted by molar-refractivity contribution is 6.30. The number of aromatic nitrogens is 2. The molecule has 0 fully saturated rings. The number of rotatable bonds is 14. The molecule has 11 nitrogen and oxygen atoms in total. The number of carbonyl (C=O) groups is 3. The van der Waals surface area contributed by atoms with Gasteiger partial charge in [-0.3, -0.25) is 14.4 Å². The summed E-state index contributed by atoms with van der Waals surface area (Å²) in [5, 5.41) is 6.00. The van der Waals surface area contributed by atoms with Gasteiger partial charge in [0.05, 0.1) is 19.9 Å². The maximum Gasteiger partial charge on any atom is 0.257 e. The number of nitrogens with zero attached hydrogens (tertiary/aromatic N) is 3. The van der Waals surface area contributed by atoms with Crippen LogP contribution >= 0.6 is 11.6 Å². The van der Waals surface area contributed by atoms with Gasteiger partial charge in [0.25, 0.3) is 11.8 Å². The zero-order valence-corrected chi connectivity index (χ0v) is 29.9. The first-order valence-electron chi connectivity index (χ1n) is 16.7. The number of imidazole rings is 1. The molecule has 13 heteroatoms. The highest BCUT2D eigenvalue weighted by Crippen LogP contribution is 2.45. The van der Waals surface area contributed by atoms with Gasteiger partial charge in [-0.2, -0.15) is 0 Å². The Kier molecular flexibility index (Phi) is 12.3. The second-order valence-electron chi connectivity index (χ2n) is 13.4. The van der Waals surface area contributed by atoms with E-state index in [1.165, 1.54) is 13.2 Å². The minimum absolute atomic E-state index is 0.0528. The molecule has 0 saturated heterocycles. The maximum atomic E-state index is 14.3. The number of hydrogen-bond acceptors (Lipinski definition) is 7. The molecule has 1 aliphatic rings. The van der Waals surface area contributed by atoms with Crippen LogP contribution in [0.25, 0.3) is 0 Å². The molecule has 2 atom stereocenters. The zero-order chi connectivity index (χ0) is 36.5. The van der Waals surface area contributed by atoms with Crippen LogP contribution < -0.4 is 25.0 Å². The Balaban J connectivity index is 1.41. The monoisotopic (exact) mass is 719 g/mol. The van der Waals surface area contributed by atoms with E-state index in [9.17, 15) is 18.8 Å². The highest BCUT2D eigenvalue weighted by atomic mass is 35.5. The summed E-state index contributed by atoms with van der Waals surface area (Å²) < 4.78 is 34.6. The summed E-state index contributed by atoms with van der Waals surface area (Å²) in [7, 11) is 1.47. The fraction of sp³-hybridized carbons (Fsp3) is 0.368. The van der Waals surface area contributed by atoms with Crippen LogP contribution in [0.1, 0.15) is 56.4 Å². The molecule has 2 heterocycles. The SMILES string of the molecule is COc1c(OCC(=O)NCCCn2ccnc2)cccc1C1OC(CC(=O)NCc2ccccc2F)C(=O)N(CC(C)(C)C)c2ccc(Cl)cc21. The van der Waals surface area contributed by atoms with Gasteiger partial charge in [-0.1, -0.05) is 62.7 Å². The van der Waals surface area contributed by atoms with Crippen molar-refractivity contribution in [2.24, 2.45) is 5.41 Å². The minimum atomic E-state index is -1.23. The lowest BCUT2D eigenvalue weighted by Gasteiger charge is -2.31. The van der Waals surface area contributed by atoms with Gasteiger partial charge in [-0.25, -0.2) is 9.37 Å². The largest absolute Gasteiger partial charge is 0.492 e. The number of anilines is 1. The first-order chi connectivity index (χ1) is 24.4. The molecular formula is C38H43ClFN5O6. The van der Waals surface area contributed by atoms with E-state index in [-0.39, 0.29) is 36.6 Å². The van der Waals surface area contributed by atoms with Gasteiger partial charge in [0.2, 0.25) is 5.91 Å². The van der Waals surface area contributed by atoms with E-state index in [1.807, 2.05) is 31.5 Å². The number of aryl methyl sites for hydroxylation is 1. The lowest BCUT2D eigenvalue weighted by Crippen LogP contribution is -2.45. The van der Waals surface area contributed by atoms with Crippen LogP contribution in [-0.2, 0) is 32.2 Å². The standard InChI is InChI=1S/C38H43ClFN5O6/c1-38(2,3)23-45-30-14-13-26(39)19-28(30)35(51-32(37(45)48)20-33(46)43-21-25-9-5-6-11-29(25)40)27-10-7-12-31(36(27)49-4)50-22-34(47)42-15-8-17-44-18-16-41-24-44/h5-7,9-14,16,18-19,24,32,35H,8,15,17,20-23H2,1-4H3,(H,42,47)(H,43,46). The molecule has 1 aliphatic heterocycles. The number of nitrogens with one attached hydrogen (secondary N) is 2. The highest BCUT2D eigenvalue weighted by Gasteiger charge is 2.40. The van der Waals surface area contributed by atoms with Crippen molar-refractivity contribution in [3.63, 3.8) is 0 Å². The van der Waals surface area contributed by atoms with Gasteiger partial charge in [0, 0.05) is 66.0 Å². The molecule has 270 valence electrons. The average Bonchev–Trinajstić information content (AvgIpc) is 3.59. The number of hydrogen-bond donors (Lipinski definition) is 2.